The van der Waals surface area contributed by atoms with Gasteiger partial charge in [-0.15, -0.1) is 0 Å². The van der Waals surface area contributed by atoms with Crippen LogP contribution in [0.1, 0.15) is 18.9 Å². The Morgan fingerprint density at radius 3 is 2.16 bits per heavy atom. The van der Waals surface area contributed by atoms with Crippen molar-refractivity contribution in [1.29, 1.82) is 0 Å². The van der Waals surface area contributed by atoms with Crippen LogP contribution in [0.5, 0.6) is 0 Å². The zero-order valence-corrected chi connectivity index (χ0v) is 24.5. The summed E-state index contributed by atoms with van der Waals surface area (Å²) in [6, 6.07) is 0. The van der Waals surface area contributed by atoms with Gasteiger partial charge in [0, 0.05) is 19.5 Å². The topological polar surface area (TPSA) is 185 Å². The Labute approximate surface area is 252 Å². The molecule has 8 atom stereocenters. The molecule has 44 heavy (non-hydrogen) atoms. The van der Waals surface area contributed by atoms with Crippen LogP contribution in [-0.4, -0.2) is 101 Å². The summed E-state index contributed by atoms with van der Waals surface area (Å²) in [5.41, 5.74) is 1.40. The van der Waals surface area contributed by atoms with Gasteiger partial charge in [0.2, 0.25) is 0 Å². The van der Waals surface area contributed by atoms with Crippen molar-refractivity contribution in [3.05, 3.63) is 37.5 Å². The lowest BCUT2D eigenvalue weighted by molar-refractivity contribution is -0.0465. The number of alkyl halides is 2. The van der Waals surface area contributed by atoms with Crippen LogP contribution in [0.15, 0.2) is 37.5 Å². The molecule has 3 N–H and O–H groups in total. The third kappa shape index (κ3) is 5.42. The highest BCUT2D eigenvalue weighted by molar-refractivity contribution is 8.44. The van der Waals surface area contributed by atoms with Gasteiger partial charge in [-0.25, -0.2) is 43.2 Å². The maximum absolute atomic E-state index is 15.8. The number of imidazole rings is 2. The number of aliphatic hydroxyl groups is 1. The first kappa shape index (κ1) is 29.4. The van der Waals surface area contributed by atoms with E-state index in [1.807, 2.05) is 12.2 Å². The lowest BCUT2D eigenvalue weighted by atomic mass is 10.1. The SMILES string of the molecule is O=P1(S)OC[C@@H]2C[C@@H](F)[C@@H](O2)n2cnc3c(ncnc32)NC/C=C/CNc2ncnc3c2ncn3[C@@H]2O[C@H](CO)[C@@H](O1)[C@H]2F. The molecule has 3 aliphatic rings. The first-order chi connectivity index (χ1) is 21.3. The molecule has 0 spiro atoms. The van der Waals surface area contributed by atoms with Crippen molar-refractivity contribution in [3.8, 4) is 0 Å². The number of aromatic nitrogens is 8. The van der Waals surface area contributed by atoms with E-state index < -0.39 is 56.5 Å². The zero-order valence-electron chi connectivity index (χ0n) is 22.8. The fourth-order valence-electron chi connectivity index (χ4n) is 5.42. The van der Waals surface area contributed by atoms with Gasteiger partial charge in [0.15, 0.2) is 52.6 Å². The van der Waals surface area contributed by atoms with E-state index in [9.17, 15) is 9.67 Å². The van der Waals surface area contributed by atoms with Gasteiger partial charge in [-0.2, -0.15) is 0 Å². The van der Waals surface area contributed by atoms with Crippen molar-refractivity contribution in [2.75, 3.05) is 36.9 Å². The number of ether oxygens (including phenoxy) is 2. The van der Waals surface area contributed by atoms with Gasteiger partial charge in [-0.3, -0.25) is 18.2 Å². The Balaban J connectivity index is 1.20. The molecule has 0 aliphatic carbocycles. The van der Waals surface area contributed by atoms with Crippen molar-refractivity contribution in [2.24, 2.45) is 0 Å². The van der Waals surface area contributed by atoms with Gasteiger partial charge in [0.25, 0.3) is 0 Å². The van der Waals surface area contributed by atoms with Gasteiger partial charge in [-0.1, -0.05) is 24.4 Å². The second-order valence-corrected chi connectivity index (χ2v) is 13.1. The molecular weight excluding hydrogens is 625 g/mol. The number of rotatable bonds is 1. The summed E-state index contributed by atoms with van der Waals surface area (Å²) in [7, 11) is 0. The third-order valence-corrected chi connectivity index (χ3v) is 9.08. The van der Waals surface area contributed by atoms with Crippen LogP contribution >= 0.6 is 19.0 Å². The number of nitrogens with one attached hydrogen (secondary N) is 2. The molecule has 0 aromatic carbocycles. The number of anilines is 2. The second-order valence-electron chi connectivity index (χ2n) is 10.3. The molecule has 0 radical (unpaired) electrons. The molecule has 2 fully saturated rings. The highest BCUT2D eigenvalue weighted by Crippen LogP contribution is 2.57. The molecule has 20 heteroatoms. The zero-order chi connectivity index (χ0) is 30.4. The minimum atomic E-state index is -4.25. The summed E-state index contributed by atoms with van der Waals surface area (Å²) >= 11 is 4.01. The Hall–Kier alpha value is -3.32. The monoisotopic (exact) mass is 652 g/mol. The van der Waals surface area contributed by atoms with Crippen LogP contribution < -0.4 is 10.6 Å². The predicted octanol–water partition coefficient (Wildman–Crippen LogP) is 2.35. The number of thiol groups is 1. The summed E-state index contributed by atoms with van der Waals surface area (Å²) in [6.45, 7) is -4.49. The maximum atomic E-state index is 15.8. The number of halogens is 2. The first-order valence-corrected chi connectivity index (χ1v) is 16.4. The van der Waals surface area contributed by atoms with E-state index in [-0.39, 0.29) is 18.7 Å². The van der Waals surface area contributed by atoms with Crippen molar-refractivity contribution < 1.29 is 37.0 Å². The smallest absolute Gasteiger partial charge is 0.386 e. The maximum Gasteiger partial charge on any atom is 0.386 e. The van der Waals surface area contributed by atoms with E-state index in [1.165, 1.54) is 34.4 Å². The Morgan fingerprint density at radius 1 is 0.932 bits per heavy atom. The lowest BCUT2D eigenvalue weighted by Crippen LogP contribution is -2.33. The molecule has 4 aromatic heterocycles. The predicted molar refractivity (Wildman–Crippen MR) is 153 cm³/mol. The fourth-order valence-corrected chi connectivity index (χ4v) is 6.92. The number of aliphatic hydroxyl groups excluding tert-OH is 1. The van der Waals surface area contributed by atoms with Crippen LogP contribution in [0, 0.1) is 0 Å². The van der Waals surface area contributed by atoms with Crippen LogP contribution in [0.2, 0.25) is 0 Å². The average Bonchev–Trinajstić information content (AvgIpc) is 3.78. The van der Waals surface area contributed by atoms with Gasteiger partial charge in [0.1, 0.15) is 31.0 Å². The molecule has 12 bridgehead atoms. The summed E-state index contributed by atoms with van der Waals surface area (Å²) in [5.74, 6) is 0.856. The highest BCUT2D eigenvalue weighted by Gasteiger charge is 2.50. The Kier molecular flexibility index (Phi) is 7.94. The number of nitrogens with zero attached hydrogens (tertiary/aromatic N) is 8. The molecule has 2 saturated heterocycles. The lowest BCUT2D eigenvalue weighted by Gasteiger charge is -2.23. The van der Waals surface area contributed by atoms with E-state index >= 15 is 8.78 Å². The van der Waals surface area contributed by atoms with E-state index in [2.05, 4.69) is 52.8 Å². The quantitative estimate of drug-likeness (QED) is 0.133. The molecule has 0 amide bonds. The highest BCUT2D eigenvalue weighted by atomic mass is 32.7. The van der Waals surface area contributed by atoms with E-state index in [0.29, 0.717) is 41.4 Å². The number of hydrogen-bond acceptors (Lipinski definition) is 14. The van der Waals surface area contributed by atoms with E-state index in [1.54, 1.807) is 0 Å². The third-order valence-electron chi connectivity index (χ3n) is 7.46. The Bertz CT molecular complexity index is 1750. The fraction of sp³-hybridized carbons (Fsp3) is 0.500. The van der Waals surface area contributed by atoms with Crippen molar-refractivity contribution in [3.63, 3.8) is 0 Å². The first-order valence-electron chi connectivity index (χ1n) is 13.7. The Morgan fingerprint density at radius 2 is 1.55 bits per heavy atom. The van der Waals surface area contributed by atoms with Gasteiger partial charge >= 0.3 is 6.80 Å². The normalized spacial score (nSPS) is 33.8. The van der Waals surface area contributed by atoms with Crippen molar-refractivity contribution in [2.45, 2.75) is 49.5 Å². The molecule has 234 valence electrons. The average molecular weight is 653 g/mol. The van der Waals surface area contributed by atoms with E-state index in [4.69, 9.17) is 18.5 Å². The molecule has 0 saturated carbocycles. The van der Waals surface area contributed by atoms with Crippen LogP contribution in [0.4, 0.5) is 20.4 Å². The molecular formula is C24H27F2N10O6PS. The number of fused-ring (bicyclic) bond motifs is 6. The molecule has 7 heterocycles. The molecule has 1 unspecified atom stereocenters. The number of hydrogen-bond donors (Lipinski definition) is 4. The molecule has 4 aromatic rings. The standard InChI is InChI=1S/C24H27F2N10O6PS/c25-13-5-12-7-39-43(38,44)42-18-14(6-37)41-24(15(18)26)36-11-34-17-20(30-9-32-22(17)36)28-4-2-1-3-27-19-16-21(31-8-29-19)35(10-33-16)23(13)40-12/h1-2,8-15,18,23-24,37H,3-7H2,(H,38,44)(H,27,29,31)(H,28,30,32)/b2-1+/t12-,13+,14+,15+,18+,23+,24+,43?/m0/s1. The van der Waals surface area contributed by atoms with Crippen LogP contribution in [0.25, 0.3) is 22.3 Å². The summed E-state index contributed by atoms with van der Waals surface area (Å²) in [5, 5.41) is 16.2. The molecule has 3 aliphatic heterocycles. The second kappa shape index (κ2) is 11.9. The summed E-state index contributed by atoms with van der Waals surface area (Å²) in [6.07, 6.45) is -0.372. The largest absolute Gasteiger partial charge is 0.394 e. The van der Waals surface area contributed by atoms with Crippen LogP contribution in [-0.2, 0) is 23.1 Å². The van der Waals surface area contributed by atoms with Gasteiger partial charge < -0.3 is 25.2 Å². The van der Waals surface area contributed by atoms with Crippen molar-refractivity contribution in [1.82, 2.24) is 39.0 Å². The summed E-state index contributed by atoms with van der Waals surface area (Å²) in [4.78, 5) is 25.7. The van der Waals surface area contributed by atoms with E-state index in [0.717, 1.165) is 0 Å². The van der Waals surface area contributed by atoms with Crippen LogP contribution in [0.3, 0.4) is 0 Å². The summed E-state index contributed by atoms with van der Waals surface area (Å²) < 4.78 is 69.5. The van der Waals surface area contributed by atoms with Gasteiger partial charge in [0.05, 0.1) is 32.0 Å². The van der Waals surface area contributed by atoms with Crippen molar-refractivity contribution >= 4 is 53.0 Å². The van der Waals surface area contributed by atoms with Gasteiger partial charge in [-0.05, 0) is 0 Å². The molecule has 7 rings (SSSR count). The minimum Gasteiger partial charge on any atom is -0.394 e. The molecule has 16 nitrogen and oxygen atoms in total. The minimum absolute atomic E-state index is 0.0930.